The maximum absolute atomic E-state index is 11.3. The van der Waals surface area contributed by atoms with Crippen molar-refractivity contribution in [3.8, 4) is 0 Å². The fourth-order valence-corrected chi connectivity index (χ4v) is 1.62. The molecule has 15 heavy (non-hydrogen) atoms. The van der Waals surface area contributed by atoms with Gasteiger partial charge in [0.15, 0.2) is 5.71 Å². The van der Waals surface area contributed by atoms with Gasteiger partial charge in [0.25, 0.3) is 0 Å². The van der Waals surface area contributed by atoms with Crippen molar-refractivity contribution in [1.29, 1.82) is 0 Å². The van der Waals surface area contributed by atoms with E-state index in [0.717, 1.165) is 12.8 Å². The second kappa shape index (κ2) is 5.85. The molecule has 0 aromatic carbocycles. The summed E-state index contributed by atoms with van der Waals surface area (Å²) in [5, 5.41) is 0. The molecule has 1 aliphatic rings. The Morgan fingerprint density at radius 3 is 2.87 bits per heavy atom. The summed E-state index contributed by atoms with van der Waals surface area (Å²) in [6, 6.07) is 0. The number of carbonyl (C=O) groups is 1. The van der Waals surface area contributed by atoms with Crippen molar-refractivity contribution < 1.29 is 14.3 Å². The van der Waals surface area contributed by atoms with Crippen molar-refractivity contribution in [3.63, 3.8) is 0 Å². The quantitative estimate of drug-likeness (QED) is 0.518. The third-order valence-electron chi connectivity index (χ3n) is 2.48. The molecule has 2 atom stereocenters. The summed E-state index contributed by atoms with van der Waals surface area (Å²) in [6.45, 7) is 3.98. The fourth-order valence-electron chi connectivity index (χ4n) is 1.62. The van der Waals surface area contributed by atoms with Crippen LogP contribution in [0.2, 0.25) is 0 Å². The second-order valence-corrected chi connectivity index (χ2v) is 3.73. The molecule has 0 aliphatic carbocycles. The standard InChI is InChI=1S/C11H19NO3/c1-4-5-6-7-9-12-10(8(2)15-9)11(13)14-3/h8-9H,4-7H2,1-3H3. The van der Waals surface area contributed by atoms with E-state index in [1.165, 1.54) is 20.0 Å². The minimum atomic E-state index is -0.375. The van der Waals surface area contributed by atoms with Crippen LogP contribution in [0, 0.1) is 0 Å². The van der Waals surface area contributed by atoms with Crippen LogP contribution >= 0.6 is 0 Å². The molecule has 0 radical (unpaired) electrons. The predicted molar refractivity (Wildman–Crippen MR) is 57.9 cm³/mol. The van der Waals surface area contributed by atoms with Crippen molar-refractivity contribution >= 4 is 11.7 Å². The molecule has 1 rings (SSSR count). The van der Waals surface area contributed by atoms with Crippen molar-refractivity contribution in [2.24, 2.45) is 4.99 Å². The summed E-state index contributed by atoms with van der Waals surface area (Å²) >= 11 is 0. The molecule has 0 bridgehead atoms. The molecule has 0 fully saturated rings. The molecule has 0 amide bonds. The van der Waals surface area contributed by atoms with Gasteiger partial charge in [-0.25, -0.2) is 9.79 Å². The van der Waals surface area contributed by atoms with Gasteiger partial charge < -0.3 is 9.47 Å². The van der Waals surface area contributed by atoms with Gasteiger partial charge in [-0.2, -0.15) is 0 Å². The Kier molecular flexibility index (Phi) is 4.75. The highest BCUT2D eigenvalue weighted by Crippen LogP contribution is 2.18. The number of nitrogens with zero attached hydrogens (tertiary/aromatic N) is 1. The molecule has 4 heteroatoms. The highest BCUT2D eigenvalue weighted by Gasteiger charge is 2.30. The number of hydrogen-bond donors (Lipinski definition) is 0. The van der Waals surface area contributed by atoms with Gasteiger partial charge in [-0.05, 0) is 19.8 Å². The largest absolute Gasteiger partial charge is 0.464 e. The first-order valence-electron chi connectivity index (χ1n) is 5.50. The first-order valence-corrected chi connectivity index (χ1v) is 5.50. The number of methoxy groups -OCH3 is 1. The van der Waals surface area contributed by atoms with E-state index >= 15 is 0 Å². The zero-order valence-corrected chi connectivity index (χ0v) is 9.66. The fraction of sp³-hybridized carbons (Fsp3) is 0.818. The molecule has 4 nitrogen and oxygen atoms in total. The van der Waals surface area contributed by atoms with Crippen LogP contribution in [0.5, 0.6) is 0 Å². The van der Waals surface area contributed by atoms with E-state index in [9.17, 15) is 4.79 Å². The van der Waals surface area contributed by atoms with Crippen LogP contribution in [0.1, 0.15) is 39.5 Å². The molecule has 0 N–H and O–H groups in total. The molecule has 0 saturated heterocycles. The lowest BCUT2D eigenvalue weighted by molar-refractivity contribution is -0.133. The Labute approximate surface area is 90.7 Å². The Hall–Kier alpha value is -0.900. The Morgan fingerprint density at radius 2 is 2.27 bits per heavy atom. The molecule has 0 saturated carbocycles. The van der Waals surface area contributed by atoms with Gasteiger partial charge in [0.05, 0.1) is 7.11 Å². The smallest absolute Gasteiger partial charge is 0.354 e. The summed E-state index contributed by atoms with van der Waals surface area (Å²) in [5.41, 5.74) is 0.416. The van der Waals surface area contributed by atoms with Gasteiger partial charge in [0.1, 0.15) is 12.3 Å². The average Bonchev–Trinajstić information content (AvgIpc) is 2.59. The molecule has 1 heterocycles. The number of rotatable bonds is 5. The molecular weight excluding hydrogens is 194 g/mol. The monoisotopic (exact) mass is 213 g/mol. The number of esters is 1. The van der Waals surface area contributed by atoms with E-state index in [2.05, 4.69) is 16.7 Å². The highest BCUT2D eigenvalue weighted by atomic mass is 16.5. The van der Waals surface area contributed by atoms with Gasteiger partial charge in [-0.3, -0.25) is 0 Å². The third-order valence-corrected chi connectivity index (χ3v) is 2.48. The molecule has 86 valence electrons. The third kappa shape index (κ3) is 3.30. The maximum Gasteiger partial charge on any atom is 0.354 e. The summed E-state index contributed by atoms with van der Waals surface area (Å²) in [5.74, 6) is -0.375. The summed E-state index contributed by atoms with van der Waals surface area (Å²) in [7, 11) is 1.36. The van der Waals surface area contributed by atoms with Crippen molar-refractivity contribution in [3.05, 3.63) is 0 Å². The lowest BCUT2D eigenvalue weighted by Gasteiger charge is -2.08. The maximum atomic E-state index is 11.3. The molecule has 2 unspecified atom stereocenters. The molecule has 0 aromatic rings. The van der Waals surface area contributed by atoms with Crippen molar-refractivity contribution in [2.45, 2.75) is 51.9 Å². The zero-order chi connectivity index (χ0) is 11.3. The molecular formula is C11H19NO3. The zero-order valence-electron chi connectivity index (χ0n) is 9.66. The van der Waals surface area contributed by atoms with Gasteiger partial charge in [0, 0.05) is 0 Å². The van der Waals surface area contributed by atoms with E-state index in [-0.39, 0.29) is 18.3 Å². The van der Waals surface area contributed by atoms with Gasteiger partial charge >= 0.3 is 5.97 Å². The number of aliphatic imine (C=N–C) groups is 1. The van der Waals surface area contributed by atoms with Crippen LogP contribution < -0.4 is 0 Å². The second-order valence-electron chi connectivity index (χ2n) is 3.73. The number of unbranched alkanes of at least 4 members (excludes halogenated alkanes) is 2. The van der Waals surface area contributed by atoms with Gasteiger partial charge in [-0.1, -0.05) is 19.8 Å². The van der Waals surface area contributed by atoms with Gasteiger partial charge in [0.2, 0.25) is 0 Å². The Balaban J connectivity index is 2.44. The number of hydrogen-bond acceptors (Lipinski definition) is 4. The summed E-state index contributed by atoms with van der Waals surface area (Å²) < 4.78 is 10.2. The molecule has 0 spiro atoms. The minimum Gasteiger partial charge on any atom is -0.464 e. The van der Waals surface area contributed by atoms with Crippen molar-refractivity contribution in [2.75, 3.05) is 7.11 Å². The Bertz CT molecular complexity index is 250. The van der Waals surface area contributed by atoms with E-state index in [4.69, 9.17) is 4.74 Å². The SMILES string of the molecule is CCCCCC1N=C(C(=O)OC)C(C)O1. The van der Waals surface area contributed by atoms with E-state index in [0.29, 0.717) is 5.71 Å². The highest BCUT2D eigenvalue weighted by molar-refractivity contribution is 6.38. The normalized spacial score (nSPS) is 25.1. The van der Waals surface area contributed by atoms with Gasteiger partial charge in [-0.15, -0.1) is 0 Å². The number of carbonyl (C=O) groups excluding carboxylic acids is 1. The Morgan fingerprint density at radius 1 is 1.53 bits per heavy atom. The van der Waals surface area contributed by atoms with Crippen molar-refractivity contribution in [1.82, 2.24) is 0 Å². The average molecular weight is 213 g/mol. The first-order chi connectivity index (χ1) is 7.19. The van der Waals surface area contributed by atoms with Crippen LogP contribution in [0.25, 0.3) is 0 Å². The topological polar surface area (TPSA) is 47.9 Å². The predicted octanol–water partition coefficient (Wildman–Crippen LogP) is 1.93. The summed E-state index contributed by atoms with van der Waals surface area (Å²) in [6.07, 6.45) is 3.95. The van der Waals surface area contributed by atoms with Crippen LogP contribution in [0.3, 0.4) is 0 Å². The lowest BCUT2D eigenvalue weighted by atomic mass is 10.2. The summed E-state index contributed by atoms with van der Waals surface area (Å²) in [4.78, 5) is 15.5. The molecule has 0 aromatic heterocycles. The molecule has 1 aliphatic heterocycles. The van der Waals surface area contributed by atoms with Crippen LogP contribution in [-0.2, 0) is 14.3 Å². The van der Waals surface area contributed by atoms with Crippen LogP contribution in [0.4, 0.5) is 0 Å². The lowest BCUT2D eigenvalue weighted by Crippen LogP contribution is -2.25. The van der Waals surface area contributed by atoms with E-state index in [1.54, 1.807) is 0 Å². The minimum absolute atomic E-state index is 0.152. The van der Waals surface area contributed by atoms with Crippen LogP contribution in [-0.4, -0.2) is 31.1 Å². The van der Waals surface area contributed by atoms with E-state index in [1.807, 2.05) is 6.92 Å². The first kappa shape index (κ1) is 12.2. The van der Waals surface area contributed by atoms with Crippen LogP contribution in [0.15, 0.2) is 4.99 Å². The number of ether oxygens (including phenoxy) is 2. The van der Waals surface area contributed by atoms with E-state index < -0.39 is 0 Å².